The van der Waals surface area contributed by atoms with Gasteiger partial charge in [0.1, 0.15) is 5.60 Å². The number of hydrogen-bond acceptors (Lipinski definition) is 4. The normalized spacial score (nSPS) is 25.4. The van der Waals surface area contributed by atoms with Gasteiger partial charge in [0, 0.05) is 26.1 Å². The van der Waals surface area contributed by atoms with Crippen molar-refractivity contribution in [3.05, 3.63) is 0 Å². The highest BCUT2D eigenvalue weighted by Gasteiger charge is 2.41. The number of carbonyl (C=O) groups excluding carboxylic acids is 1. The standard InChI is InChI=1S/C10H18N2O2S/c11-4-6-12-5-1-10(14-9(12)13)2-7-15-8-3-10/h1-8,11H2. The van der Waals surface area contributed by atoms with E-state index in [-0.39, 0.29) is 11.7 Å². The van der Waals surface area contributed by atoms with E-state index in [1.807, 2.05) is 11.8 Å². The van der Waals surface area contributed by atoms with Gasteiger partial charge in [0.05, 0.1) is 0 Å². The van der Waals surface area contributed by atoms with Gasteiger partial charge in [-0.1, -0.05) is 0 Å². The van der Waals surface area contributed by atoms with Gasteiger partial charge in [-0.3, -0.25) is 0 Å². The largest absolute Gasteiger partial charge is 0.443 e. The van der Waals surface area contributed by atoms with E-state index in [1.165, 1.54) is 0 Å². The first-order valence-electron chi connectivity index (χ1n) is 5.51. The molecule has 0 unspecified atom stereocenters. The Morgan fingerprint density at radius 2 is 2.13 bits per heavy atom. The van der Waals surface area contributed by atoms with Crippen LogP contribution in [0.1, 0.15) is 19.3 Å². The summed E-state index contributed by atoms with van der Waals surface area (Å²) in [6.45, 7) is 1.93. The van der Waals surface area contributed by atoms with Gasteiger partial charge in [-0.15, -0.1) is 0 Å². The number of amides is 1. The lowest BCUT2D eigenvalue weighted by Gasteiger charge is -2.43. The highest BCUT2D eigenvalue weighted by Crippen LogP contribution is 2.36. The monoisotopic (exact) mass is 230 g/mol. The maximum absolute atomic E-state index is 11.7. The number of carbonyl (C=O) groups is 1. The maximum Gasteiger partial charge on any atom is 0.410 e. The van der Waals surface area contributed by atoms with Crippen molar-refractivity contribution in [3.8, 4) is 0 Å². The Labute approximate surface area is 94.5 Å². The molecule has 2 aliphatic heterocycles. The Hall–Kier alpha value is -0.420. The third-order valence-corrected chi connectivity index (χ3v) is 4.19. The van der Waals surface area contributed by atoms with Crippen LogP contribution in [0.15, 0.2) is 0 Å². The van der Waals surface area contributed by atoms with Crippen LogP contribution in [0.25, 0.3) is 0 Å². The molecule has 0 saturated carbocycles. The van der Waals surface area contributed by atoms with Crippen molar-refractivity contribution in [3.63, 3.8) is 0 Å². The summed E-state index contributed by atoms with van der Waals surface area (Å²) < 4.78 is 5.60. The van der Waals surface area contributed by atoms with Gasteiger partial charge < -0.3 is 15.4 Å². The van der Waals surface area contributed by atoms with Gasteiger partial charge in [0.25, 0.3) is 0 Å². The summed E-state index contributed by atoms with van der Waals surface area (Å²) in [5.41, 5.74) is 5.29. The fraction of sp³-hybridized carbons (Fsp3) is 0.900. The molecule has 2 rings (SSSR count). The molecule has 0 aliphatic carbocycles. The third-order valence-electron chi connectivity index (χ3n) is 3.20. The summed E-state index contributed by atoms with van der Waals surface area (Å²) in [6.07, 6.45) is 2.83. The zero-order valence-corrected chi connectivity index (χ0v) is 9.72. The second kappa shape index (κ2) is 4.61. The number of nitrogens with two attached hydrogens (primary N) is 1. The van der Waals surface area contributed by atoms with E-state index < -0.39 is 0 Å². The van der Waals surface area contributed by atoms with Crippen LogP contribution < -0.4 is 5.73 Å². The van der Waals surface area contributed by atoms with Crippen LogP contribution in [-0.2, 0) is 4.74 Å². The van der Waals surface area contributed by atoms with Crippen molar-refractivity contribution in [2.45, 2.75) is 24.9 Å². The minimum absolute atomic E-state index is 0.145. The van der Waals surface area contributed by atoms with E-state index in [1.54, 1.807) is 4.90 Å². The molecule has 2 saturated heterocycles. The summed E-state index contributed by atoms with van der Waals surface area (Å²) in [6, 6.07) is 0. The minimum Gasteiger partial charge on any atom is -0.443 e. The Kier molecular flexibility index (Phi) is 3.41. The zero-order chi connectivity index (χ0) is 10.7. The van der Waals surface area contributed by atoms with Crippen LogP contribution in [0, 0.1) is 0 Å². The molecule has 1 amide bonds. The lowest BCUT2D eigenvalue weighted by atomic mass is 9.91. The van der Waals surface area contributed by atoms with Crippen molar-refractivity contribution >= 4 is 17.9 Å². The predicted octanol–water partition coefficient (Wildman–Crippen LogP) is 1.05. The first kappa shape index (κ1) is 11.1. The molecule has 0 radical (unpaired) electrons. The molecule has 1 spiro atoms. The number of rotatable bonds is 2. The average molecular weight is 230 g/mol. The molecule has 2 fully saturated rings. The lowest BCUT2D eigenvalue weighted by molar-refractivity contribution is -0.0523. The average Bonchev–Trinajstić information content (AvgIpc) is 2.24. The molecule has 2 N–H and O–H groups in total. The highest BCUT2D eigenvalue weighted by atomic mass is 32.2. The van der Waals surface area contributed by atoms with Crippen LogP contribution in [-0.4, -0.2) is 47.7 Å². The quantitative estimate of drug-likeness (QED) is 0.770. The van der Waals surface area contributed by atoms with Gasteiger partial charge in [-0.2, -0.15) is 11.8 Å². The molecule has 2 aliphatic rings. The molecule has 2 heterocycles. The fourth-order valence-electron chi connectivity index (χ4n) is 2.19. The van der Waals surface area contributed by atoms with E-state index >= 15 is 0 Å². The number of ether oxygens (including phenoxy) is 1. The molecule has 0 aromatic heterocycles. The van der Waals surface area contributed by atoms with E-state index in [9.17, 15) is 4.79 Å². The lowest BCUT2D eigenvalue weighted by Crippen LogP contribution is -2.52. The Bertz CT molecular complexity index is 242. The Morgan fingerprint density at radius 1 is 1.40 bits per heavy atom. The summed E-state index contributed by atoms with van der Waals surface area (Å²) in [5, 5.41) is 0. The molecule has 4 nitrogen and oxygen atoms in total. The predicted molar refractivity (Wildman–Crippen MR) is 61.0 cm³/mol. The SMILES string of the molecule is NCCN1CCC2(CCSCC2)OC1=O. The molecule has 0 atom stereocenters. The molecule has 0 aromatic carbocycles. The molecular formula is C10H18N2O2S. The summed E-state index contributed by atoms with van der Waals surface area (Å²) in [5.74, 6) is 2.23. The van der Waals surface area contributed by atoms with Crippen molar-refractivity contribution in [2.24, 2.45) is 5.73 Å². The van der Waals surface area contributed by atoms with Crippen molar-refractivity contribution in [1.29, 1.82) is 0 Å². The fourth-order valence-corrected chi connectivity index (χ4v) is 3.42. The number of hydrogen-bond donors (Lipinski definition) is 1. The van der Waals surface area contributed by atoms with Gasteiger partial charge in [-0.25, -0.2) is 4.79 Å². The first-order valence-corrected chi connectivity index (χ1v) is 6.67. The second-order valence-electron chi connectivity index (χ2n) is 4.19. The zero-order valence-electron chi connectivity index (χ0n) is 8.91. The van der Waals surface area contributed by atoms with E-state index in [2.05, 4.69) is 0 Å². The minimum atomic E-state index is -0.168. The second-order valence-corrected chi connectivity index (χ2v) is 5.41. The summed E-state index contributed by atoms with van der Waals surface area (Å²) >= 11 is 1.95. The molecule has 5 heteroatoms. The molecule has 0 bridgehead atoms. The van der Waals surface area contributed by atoms with Crippen LogP contribution in [0.4, 0.5) is 4.79 Å². The summed E-state index contributed by atoms with van der Waals surface area (Å²) in [4.78, 5) is 13.4. The van der Waals surface area contributed by atoms with Crippen molar-refractivity contribution in [2.75, 3.05) is 31.1 Å². The Morgan fingerprint density at radius 3 is 2.73 bits per heavy atom. The molecular weight excluding hydrogens is 212 g/mol. The maximum atomic E-state index is 11.7. The van der Waals surface area contributed by atoms with E-state index in [4.69, 9.17) is 10.5 Å². The van der Waals surface area contributed by atoms with Gasteiger partial charge in [0.15, 0.2) is 0 Å². The van der Waals surface area contributed by atoms with Gasteiger partial charge in [0.2, 0.25) is 0 Å². The van der Waals surface area contributed by atoms with Crippen molar-refractivity contribution < 1.29 is 9.53 Å². The highest BCUT2D eigenvalue weighted by molar-refractivity contribution is 7.99. The van der Waals surface area contributed by atoms with Crippen LogP contribution >= 0.6 is 11.8 Å². The van der Waals surface area contributed by atoms with Gasteiger partial charge in [-0.05, 0) is 24.3 Å². The van der Waals surface area contributed by atoms with Gasteiger partial charge >= 0.3 is 6.09 Å². The number of thioether (sulfide) groups is 1. The Balaban J connectivity index is 1.94. The topological polar surface area (TPSA) is 55.6 Å². The number of nitrogens with zero attached hydrogens (tertiary/aromatic N) is 1. The van der Waals surface area contributed by atoms with E-state index in [0.29, 0.717) is 13.1 Å². The third kappa shape index (κ3) is 2.39. The molecule has 0 aromatic rings. The first-order chi connectivity index (χ1) is 7.26. The van der Waals surface area contributed by atoms with Crippen LogP contribution in [0.5, 0.6) is 0 Å². The van der Waals surface area contributed by atoms with Crippen LogP contribution in [0.3, 0.4) is 0 Å². The van der Waals surface area contributed by atoms with E-state index in [0.717, 1.165) is 37.3 Å². The summed E-state index contributed by atoms with van der Waals surface area (Å²) in [7, 11) is 0. The van der Waals surface area contributed by atoms with Crippen molar-refractivity contribution in [1.82, 2.24) is 4.90 Å². The molecule has 86 valence electrons. The smallest absolute Gasteiger partial charge is 0.410 e. The molecule has 15 heavy (non-hydrogen) atoms. The van der Waals surface area contributed by atoms with Crippen LogP contribution in [0.2, 0.25) is 0 Å².